The van der Waals surface area contributed by atoms with Crippen molar-refractivity contribution < 1.29 is 24.2 Å². The predicted molar refractivity (Wildman–Crippen MR) is 121 cm³/mol. The van der Waals surface area contributed by atoms with E-state index in [2.05, 4.69) is 22.4 Å². The van der Waals surface area contributed by atoms with E-state index in [4.69, 9.17) is 4.74 Å². The molecule has 1 atom stereocenters. The molecule has 4 rings (SSSR count). The summed E-state index contributed by atoms with van der Waals surface area (Å²) in [4.78, 5) is 42.0. The lowest BCUT2D eigenvalue weighted by atomic mass is 9.83. The zero-order valence-corrected chi connectivity index (χ0v) is 18.3. The third-order valence-electron chi connectivity index (χ3n) is 5.54. The Hall–Kier alpha value is -3.52. The topological polar surface area (TPSA) is 106 Å². The van der Waals surface area contributed by atoms with Crippen LogP contribution in [0.5, 0.6) is 0 Å². The number of thiophene rings is 1. The van der Waals surface area contributed by atoms with Gasteiger partial charge in [0.2, 0.25) is 0 Å². The summed E-state index contributed by atoms with van der Waals surface area (Å²) in [5.41, 5.74) is 2.31. The monoisotopic (exact) mass is 450 g/mol. The van der Waals surface area contributed by atoms with E-state index in [1.165, 1.54) is 29.2 Å². The van der Waals surface area contributed by atoms with Crippen molar-refractivity contribution in [1.82, 2.24) is 4.98 Å². The maximum Gasteiger partial charge on any atom is 0.341 e. The number of hydrogen-bond acceptors (Lipinski definition) is 6. The number of aromatic carboxylic acids is 1. The molecule has 164 valence electrons. The minimum absolute atomic E-state index is 0.0177. The molecule has 32 heavy (non-hydrogen) atoms. The summed E-state index contributed by atoms with van der Waals surface area (Å²) in [5.74, 6) is -2.00. The van der Waals surface area contributed by atoms with Crippen LogP contribution in [0.15, 0.2) is 48.8 Å². The van der Waals surface area contributed by atoms with Crippen LogP contribution in [0.1, 0.15) is 66.3 Å². The molecule has 1 aromatic carbocycles. The van der Waals surface area contributed by atoms with Gasteiger partial charge in [-0.05, 0) is 49.3 Å². The standard InChI is InChI=1S/C24H22N2O5S/c1-2-31-24(30)20-17-9-8-15(14-6-4-3-5-7-14)12-19(17)32-22(20)26-21(27)16-10-11-25-13-18(16)23(28)29/h3-7,10-11,13,15H,2,8-9,12H2,1H3,(H,26,27)(H,28,29). The van der Waals surface area contributed by atoms with Gasteiger partial charge in [-0.25, -0.2) is 9.59 Å². The number of hydrogen-bond donors (Lipinski definition) is 2. The molecule has 1 aliphatic rings. The van der Waals surface area contributed by atoms with Gasteiger partial charge in [-0.1, -0.05) is 30.3 Å². The van der Waals surface area contributed by atoms with Crippen molar-refractivity contribution in [2.75, 3.05) is 11.9 Å². The number of nitrogens with one attached hydrogen (secondary N) is 1. The van der Waals surface area contributed by atoms with Crippen LogP contribution in [0, 0.1) is 0 Å². The van der Waals surface area contributed by atoms with Gasteiger partial charge in [-0.2, -0.15) is 0 Å². The number of benzene rings is 1. The lowest BCUT2D eigenvalue weighted by Crippen LogP contribution is -2.19. The molecule has 1 amide bonds. The lowest BCUT2D eigenvalue weighted by molar-refractivity contribution is 0.0526. The summed E-state index contributed by atoms with van der Waals surface area (Å²) >= 11 is 1.36. The number of esters is 1. The van der Waals surface area contributed by atoms with Crippen molar-refractivity contribution in [1.29, 1.82) is 0 Å². The van der Waals surface area contributed by atoms with E-state index >= 15 is 0 Å². The van der Waals surface area contributed by atoms with Gasteiger partial charge in [0, 0.05) is 17.3 Å². The molecular weight excluding hydrogens is 428 g/mol. The molecule has 0 fully saturated rings. The lowest BCUT2D eigenvalue weighted by Gasteiger charge is -2.23. The molecule has 1 unspecified atom stereocenters. The van der Waals surface area contributed by atoms with Crippen molar-refractivity contribution in [3.8, 4) is 0 Å². The highest BCUT2D eigenvalue weighted by atomic mass is 32.1. The maximum atomic E-state index is 12.9. The van der Waals surface area contributed by atoms with Crippen molar-refractivity contribution in [2.24, 2.45) is 0 Å². The fraction of sp³-hybridized carbons (Fsp3) is 0.250. The number of fused-ring (bicyclic) bond motifs is 1. The van der Waals surface area contributed by atoms with Crippen molar-refractivity contribution in [3.63, 3.8) is 0 Å². The minimum atomic E-state index is -1.25. The van der Waals surface area contributed by atoms with Crippen LogP contribution in [0.2, 0.25) is 0 Å². The molecule has 2 N–H and O–H groups in total. The van der Waals surface area contributed by atoms with E-state index in [0.29, 0.717) is 22.9 Å². The zero-order valence-electron chi connectivity index (χ0n) is 17.5. The number of carbonyl (C=O) groups excluding carboxylic acids is 2. The van der Waals surface area contributed by atoms with Crippen LogP contribution in [-0.4, -0.2) is 34.5 Å². The number of aromatic nitrogens is 1. The Morgan fingerprint density at radius 1 is 1.19 bits per heavy atom. The molecule has 3 aromatic rings. The molecular formula is C24H22N2O5S. The van der Waals surface area contributed by atoms with E-state index in [9.17, 15) is 19.5 Å². The number of ether oxygens (including phenoxy) is 1. The van der Waals surface area contributed by atoms with Gasteiger partial charge >= 0.3 is 11.9 Å². The minimum Gasteiger partial charge on any atom is -0.478 e. The Morgan fingerprint density at radius 3 is 2.69 bits per heavy atom. The largest absolute Gasteiger partial charge is 0.478 e. The molecule has 1 aliphatic carbocycles. The average Bonchev–Trinajstić information content (AvgIpc) is 3.16. The maximum absolute atomic E-state index is 12.9. The molecule has 0 radical (unpaired) electrons. The first kappa shape index (κ1) is 21.7. The van der Waals surface area contributed by atoms with Crippen molar-refractivity contribution in [3.05, 3.63) is 81.5 Å². The SMILES string of the molecule is CCOC(=O)c1c(NC(=O)c2ccncc2C(=O)O)sc2c1CCC(c1ccccc1)C2. The Kier molecular flexibility index (Phi) is 6.32. The van der Waals surface area contributed by atoms with E-state index < -0.39 is 17.8 Å². The highest BCUT2D eigenvalue weighted by Gasteiger charge is 2.31. The Morgan fingerprint density at radius 2 is 1.97 bits per heavy atom. The Balaban J connectivity index is 1.68. The summed E-state index contributed by atoms with van der Waals surface area (Å²) in [5, 5.41) is 12.5. The highest BCUT2D eigenvalue weighted by Crippen LogP contribution is 2.43. The number of carboxylic acid groups (broad SMARTS) is 1. The smallest absolute Gasteiger partial charge is 0.341 e. The number of amides is 1. The van der Waals surface area contributed by atoms with Crippen LogP contribution < -0.4 is 5.32 Å². The molecule has 0 spiro atoms. The highest BCUT2D eigenvalue weighted by molar-refractivity contribution is 7.17. The molecule has 0 aliphatic heterocycles. The number of pyridine rings is 1. The van der Waals surface area contributed by atoms with E-state index in [0.717, 1.165) is 29.5 Å². The van der Waals surface area contributed by atoms with Crippen LogP contribution in [-0.2, 0) is 17.6 Å². The van der Waals surface area contributed by atoms with Crippen LogP contribution in [0.25, 0.3) is 0 Å². The summed E-state index contributed by atoms with van der Waals surface area (Å²) in [6, 6.07) is 11.6. The fourth-order valence-electron chi connectivity index (χ4n) is 4.04. The summed E-state index contributed by atoms with van der Waals surface area (Å²) in [7, 11) is 0. The first-order valence-electron chi connectivity index (χ1n) is 10.3. The van der Waals surface area contributed by atoms with Gasteiger partial charge in [-0.3, -0.25) is 9.78 Å². The summed E-state index contributed by atoms with van der Waals surface area (Å²) < 4.78 is 5.27. The third kappa shape index (κ3) is 4.27. The number of carboxylic acids is 1. The Bertz CT molecular complexity index is 1170. The first-order chi connectivity index (χ1) is 15.5. The average molecular weight is 451 g/mol. The van der Waals surface area contributed by atoms with Crippen LogP contribution in [0.3, 0.4) is 0 Å². The molecule has 7 nitrogen and oxygen atoms in total. The summed E-state index contributed by atoms with van der Waals surface area (Å²) in [6.45, 7) is 1.95. The van der Waals surface area contributed by atoms with Gasteiger partial charge < -0.3 is 15.2 Å². The predicted octanol–water partition coefficient (Wildman–Crippen LogP) is 4.54. The normalized spacial score (nSPS) is 15.0. The van der Waals surface area contributed by atoms with Gasteiger partial charge in [0.15, 0.2) is 0 Å². The molecule has 8 heteroatoms. The quantitative estimate of drug-likeness (QED) is 0.534. The second-order valence-corrected chi connectivity index (χ2v) is 8.56. The third-order valence-corrected chi connectivity index (χ3v) is 6.71. The number of nitrogens with zero attached hydrogens (tertiary/aromatic N) is 1. The molecule has 0 saturated carbocycles. The van der Waals surface area contributed by atoms with Gasteiger partial charge in [-0.15, -0.1) is 11.3 Å². The number of anilines is 1. The van der Waals surface area contributed by atoms with Crippen LogP contribution >= 0.6 is 11.3 Å². The Labute approximate surface area is 189 Å². The van der Waals surface area contributed by atoms with Gasteiger partial charge in [0.05, 0.1) is 23.3 Å². The van der Waals surface area contributed by atoms with Gasteiger partial charge in [0.1, 0.15) is 5.00 Å². The summed E-state index contributed by atoms with van der Waals surface area (Å²) in [6.07, 6.45) is 4.85. The molecule has 2 aromatic heterocycles. The van der Waals surface area contributed by atoms with Gasteiger partial charge in [0.25, 0.3) is 5.91 Å². The van der Waals surface area contributed by atoms with Crippen molar-refractivity contribution in [2.45, 2.75) is 32.1 Å². The van der Waals surface area contributed by atoms with E-state index in [1.807, 2.05) is 18.2 Å². The number of carbonyl (C=O) groups is 3. The molecule has 0 bridgehead atoms. The first-order valence-corrected chi connectivity index (χ1v) is 11.2. The zero-order chi connectivity index (χ0) is 22.7. The van der Waals surface area contributed by atoms with Crippen LogP contribution in [0.4, 0.5) is 5.00 Å². The molecule has 2 heterocycles. The molecule has 0 saturated heterocycles. The van der Waals surface area contributed by atoms with Crippen molar-refractivity contribution >= 4 is 34.2 Å². The second kappa shape index (κ2) is 9.32. The number of rotatable bonds is 6. The van der Waals surface area contributed by atoms with E-state index in [-0.39, 0.29) is 17.7 Å². The van der Waals surface area contributed by atoms with E-state index in [1.54, 1.807) is 6.92 Å². The second-order valence-electron chi connectivity index (χ2n) is 7.46. The fourth-order valence-corrected chi connectivity index (χ4v) is 5.35.